The molecule has 0 fully saturated rings. The van der Waals surface area contributed by atoms with E-state index in [1.807, 2.05) is 6.07 Å². The van der Waals surface area contributed by atoms with Crippen molar-refractivity contribution in [2.24, 2.45) is 5.73 Å². The molecule has 2 N–H and O–H groups in total. The molecule has 0 radical (unpaired) electrons. The lowest BCUT2D eigenvalue weighted by molar-refractivity contribution is 1.31. The molecule has 5 heteroatoms. The molecule has 2 aromatic rings. The molecule has 0 spiro atoms. The van der Waals surface area contributed by atoms with Crippen LogP contribution in [0, 0.1) is 11.3 Å². The van der Waals surface area contributed by atoms with Gasteiger partial charge in [0.25, 0.3) is 0 Å². The number of halogens is 2. The number of hydrogen-bond acceptors (Lipinski definition) is 3. The first-order chi connectivity index (χ1) is 9.13. The largest absolute Gasteiger partial charge is 0.397 e. The Morgan fingerprint density at radius 3 is 2.74 bits per heavy atom. The van der Waals surface area contributed by atoms with E-state index in [0.717, 1.165) is 4.47 Å². The van der Waals surface area contributed by atoms with Crippen molar-refractivity contribution in [1.82, 2.24) is 4.98 Å². The number of nitrogens with two attached hydrogens (primary N) is 1. The third kappa shape index (κ3) is 2.95. The fraction of sp³-hybridized carbons (Fsp3) is 0. The third-order valence-electron chi connectivity index (χ3n) is 2.55. The minimum absolute atomic E-state index is 0.341. The summed E-state index contributed by atoms with van der Waals surface area (Å²) in [6.07, 6.45) is 3.24. The summed E-state index contributed by atoms with van der Waals surface area (Å²) in [6, 6.07) is 11.0. The van der Waals surface area contributed by atoms with Gasteiger partial charge in [0.1, 0.15) is 6.07 Å². The van der Waals surface area contributed by atoms with Crippen LogP contribution in [0.25, 0.3) is 11.3 Å². The molecule has 1 aromatic carbocycles. The molecule has 0 amide bonds. The van der Waals surface area contributed by atoms with Gasteiger partial charge >= 0.3 is 0 Å². The zero-order chi connectivity index (χ0) is 13.8. The first-order valence-electron chi connectivity index (χ1n) is 5.39. The van der Waals surface area contributed by atoms with E-state index in [-0.39, 0.29) is 0 Å². The minimum Gasteiger partial charge on any atom is -0.397 e. The molecule has 1 aromatic heterocycles. The molecule has 2 rings (SSSR count). The maximum absolute atomic E-state index is 9.29. The summed E-state index contributed by atoms with van der Waals surface area (Å²) in [5, 5.41) is 9.78. The highest BCUT2D eigenvalue weighted by atomic mass is 79.9. The smallest absolute Gasteiger partial charge is 0.102 e. The number of nitrogens with zero attached hydrogens (tertiary/aromatic N) is 2. The molecule has 1 heterocycles. The topological polar surface area (TPSA) is 62.7 Å². The molecular formula is C14H9BrClN3. The summed E-state index contributed by atoms with van der Waals surface area (Å²) < 4.78 is 0.855. The second-order valence-corrected chi connectivity index (χ2v) is 5.09. The number of allylic oxidation sites excluding steroid dienone is 1. The maximum atomic E-state index is 9.29. The monoisotopic (exact) mass is 333 g/mol. The summed E-state index contributed by atoms with van der Waals surface area (Å²) in [4.78, 5) is 3.98. The van der Waals surface area contributed by atoms with Gasteiger partial charge in [-0.1, -0.05) is 39.7 Å². The van der Waals surface area contributed by atoms with Gasteiger partial charge in [-0.05, 0) is 18.2 Å². The normalized spacial score (nSPS) is 11.6. The predicted octanol–water partition coefficient (Wildman–Crippen LogP) is 3.85. The third-order valence-corrected chi connectivity index (χ3v) is 3.36. The number of hydrogen-bond donors (Lipinski definition) is 1. The lowest BCUT2D eigenvalue weighted by Crippen LogP contribution is -2.01. The molecule has 0 saturated carbocycles. The van der Waals surface area contributed by atoms with Crippen molar-refractivity contribution < 1.29 is 0 Å². The van der Waals surface area contributed by atoms with Gasteiger partial charge in [-0.25, -0.2) is 0 Å². The minimum atomic E-state index is 0.341. The van der Waals surface area contributed by atoms with Crippen LogP contribution in [0.4, 0.5) is 0 Å². The van der Waals surface area contributed by atoms with Gasteiger partial charge in [-0.2, -0.15) is 5.26 Å². The van der Waals surface area contributed by atoms with Gasteiger partial charge in [-0.15, -0.1) is 0 Å². The van der Waals surface area contributed by atoms with Gasteiger partial charge < -0.3 is 5.73 Å². The Hall–Kier alpha value is -1.83. The highest BCUT2D eigenvalue weighted by molar-refractivity contribution is 9.10. The maximum Gasteiger partial charge on any atom is 0.102 e. The van der Waals surface area contributed by atoms with E-state index in [1.165, 1.54) is 0 Å². The Kier molecular flexibility index (Phi) is 4.20. The summed E-state index contributed by atoms with van der Waals surface area (Å²) in [6.45, 7) is 0. The first-order valence-corrected chi connectivity index (χ1v) is 6.56. The van der Waals surface area contributed by atoms with Crippen LogP contribution in [0.1, 0.15) is 11.1 Å². The molecule has 19 heavy (non-hydrogen) atoms. The van der Waals surface area contributed by atoms with Crippen LogP contribution in [0.5, 0.6) is 0 Å². The van der Waals surface area contributed by atoms with E-state index < -0.39 is 0 Å². The lowest BCUT2D eigenvalue weighted by atomic mass is 10.0. The molecule has 3 nitrogen and oxygen atoms in total. The standard InChI is InChI=1S/C14H9BrClN3/c15-10-3-4-11(13(16)6-10)14(18)12(7-17)9-2-1-5-19-8-9/h1-6,8H,18H2/b14-12-. The molecule has 0 saturated heterocycles. The molecule has 0 bridgehead atoms. The Morgan fingerprint density at radius 2 is 2.16 bits per heavy atom. The van der Waals surface area contributed by atoms with Crippen LogP contribution >= 0.6 is 27.5 Å². The van der Waals surface area contributed by atoms with E-state index in [4.69, 9.17) is 17.3 Å². The van der Waals surface area contributed by atoms with Crippen LogP contribution in [-0.2, 0) is 0 Å². The Labute approximate surface area is 124 Å². The Morgan fingerprint density at radius 1 is 1.37 bits per heavy atom. The van der Waals surface area contributed by atoms with Crippen molar-refractivity contribution in [1.29, 1.82) is 5.26 Å². The Balaban J connectivity index is 2.59. The summed E-state index contributed by atoms with van der Waals surface area (Å²) >= 11 is 9.47. The van der Waals surface area contributed by atoms with E-state index in [0.29, 0.717) is 27.4 Å². The van der Waals surface area contributed by atoms with Gasteiger partial charge in [-0.3, -0.25) is 4.98 Å². The van der Waals surface area contributed by atoms with E-state index >= 15 is 0 Å². The molecule has 94 valence electrons. The van der Waals surface area contributed by atoms with Crippen molar-refractivity contribution in [3.05, 3.63) is 63.3 Å². The number of nitriles is 1. The average Bonchev–Trinajstić information content (AvgIpc) is 2.40. The number of rotatable bonds is 2. The average molecular weight is 335 g/mol. The van der Waals surface area contributed by atoms with Crippen molar-refractivity contribution in [2.45, 2.75) is 0 Å². The molecule has 0 aliphatic heterocycles. The van der Waals surface area contributed by atoms with Gasteiger partial charge in [0, 0.05) is 28.0 Å². The van der Waals surface area contributed by atoms with Crippen molar-refractivity contribution >= 4 is 38.8 Å². The molecule has 0 aliphatic rings. The van der Waals surface area contributed by atoms with Crippen molar-refractivity contribution in [2.75, 3.05) is 0 Å². The highest BCUT2D eigenvalue weighted by Gasteiger charge is 2.11. The zero-order valence-corrected chi connectivity index (χ0v) is 12.1. The Bertz CT molecular complexity index is 675. The SMILES string of the molecule is N#C/C(=C(/N)c1ccc(Br)cc1Cl)c1cccnc1. The number of aromatic nitrogens is 1. The second-order valence-electron chi connectivity index (χ2n) is 3.77. The van der Waals surface area contributed by atoms with Crippen LogP contribution in [0.15, 0.2) is 47.2 Å². The first kappa shape index (κ1) is 13.6. The highest BCUT2D eigenvalue weighted by Crippen LogP contribution is 2.29. The molecular weight excluding hydrogens is 326 g/mol. The van der Waals surface area contributed by atoms with E-state index in [1.54, 1.807) is 36.7 Å². The lowest BCUT2D eigenvalue weighted by Gasteiger charge is -2.08. The van der Waals surface area contributed by atoms with Gasteiger partial charge in [0.2, 0.25) is 0 Å². The molecule has 0 aliphatic carbocycles. The van der Waals surface area contributed by atoms with Crippen molar-refractivity contribution in [3.8, 4) is 6.07 Å². The summed E-state index contributed by atoms with van der Waals surface area (Å²) in [5.41, 5.74) is 8.06. The molecule has 0 unspecified atom stereocenters. The number of pyridine rings is 1. The van der Waals surface area contributed by atoms with Gasteiger partial charge in [0.15, 0.2) is 0 Å². The van der Waals surface area contributed by atoms with Crippen LogP contribution in [0.3, 0.4) is 0 Å². The summed E-state index contributed by atoms with van der Waals surface area (Å²) in [5.74, 6) is 0. The molecule has 0 atom stereocenters. The van der Waals surface area contributed by atoms with Crippen LogP contribution < -0.4 is 5.73 Å². The van der Waals surface area contributed by atoms with Gasteiger partial charge in [0.05, 0.1) is 16.3 Å². The van der Waals surface area contributed by atoms with E-state index in [2.05, 4.69) is 27.0 Å². The van der Waals surface area contributed by atoms with Crippen molar-refractivity contribution in [3.63, 3.8) is 0 Å². The predicted molar refractivity (Wildman–Crippen MR) is 80.0 cm³/mol. The fourth-order valence-electron chi connectivity index (χ4n) is 1.63. The van der Waals surface area contributed by atoms with Crippen LogP contribution in [0.2, 0.25) is 5.02 Å². The quantitative estimate of drug-likeness (QED) is 0.849. The van der Waals surface area contributed by atoms with E-state index in [9.17, 15) is 5.26 Å². The number of benzene rings is 1. The summed E-state index contributed by atoms with van der Waals surface area (Å²) in [7, 11) is 0. The van der Waals surface area contributed by atoms with Crippen LogP contribution in [-0.4, -0.2) is 4.98 Å². The second kappa shape index (κ2) is 5.87. The fourth-order valence-corrected chi connectivity index (χ4v) is 2.41. The zero-order valence-electron chi connectivity index (χ0n) is 9.77.